The number of hydrogen-bond acceptors (Lipinski definition) is 3. The molecule has 1 heterocycles. The van der Waals surface area contributed by atoms with E-state index >= 15 is 0 Å². The molecule has 0 radical (unpaired) electrons. The van der Waals surface area contributed by atoms with E-state index in [-0.39, 0.29) is 11.0 Å². The van der Waals surface area contributed by atoms with Gasteiger partial charge in [0, 0.05) is 20.9 Å². The highest BCUT2D eigenvalue weighted by Crippen LogP contribution is 2.38. The molecule has 0 aliphatic heterocycles. The molecule has 0 atom stereocenters. The van der Waals surface area contributed by atoms with Crippen LogP contribution in [0, 0.1) is 12.7 Å². The summed E-state index contributed by atoms with van der Waals surface area (Å²) in [6, 6.07) is 10.5. The van der Waals surface area contributed by atoms with Gasteiger partial charge in [0.25, 0.3) is 0 Å². The van der Waals surface area contributed by atoms with Gasteiger partial charge in [-0.1, -0.05) is 43.3 Å². The number of aryl methyl sites for hydroxylation is 1. The SMILES string of the molecule is CC.CCOC(=O)c1cccc(Sc2c(C)[nH]c3c(F)c(Cl)ccc23)c1. The molecule has 0 spiro atoms. The number of aromatic amines is 1. The molecular weight excluding hydrogens is 373 g/mol. The normalized spacial score (nSPS) is 10.4. The summed E-state index contributed by atoms with van der Waals surface area (Å²) in [5, 5.41) is 0.852. The molecule has 1 aromatic heterocycles. The third kappa shape index (κ3) is 4.22. The number of nitrogens with one attached hydrogen (secondary N) is 1. The number of aromatic nitrogens is 1. The Balaban J connectivity index is 0.00000117. The van der Waals surface area contributed by atoms with Gasteiger partial charge in [-0.15, -0.1) is 0 Å². The Kier molecular flexibility index (Phi) is 7.12. The molecule has 0 bridgehead atoms. The van der Waals surface area contributed by atoms with Crippen molar-refractivity contribution in [2.45, 2.75) is 37.5 Å². The van der Waals surface area contributed by atoms with Crippen molar-refractivity contribution < 1.29 is 13.9 Å². The molecule has 3 aromatic rings. The van der Waals surface area contributed by atoms with Crippen molar-refractivity contribution in [2.75, 3.05) is 6.61 Å². The van der Waals surface area contributed by atoms with Gasteiger partial charge in [0.1, 0.15) is 0 Å². The number of benzene rings is 2. The molecule has 3 nitrogen and oxygen atoms in total. The van der Waals surface area contributed by atoms with Crippen LogP contribution in [0.2, 0.25) is 5.02 Å². The number of fused-ring (bicyclic) bond motifs is 1. The Morgan fingerprint density at radius 2 is 2.00 bits per heavy atom. The lowest BCUT2D eigenvalue weighted by Gasteiger charge is -2.05. The number of hydrogen-bond donors (Lipinski definition) is 1. The number of H-pyrrole nitrogens is 1. The van der Waals surface area contributed by atoms with Crippen LogP contribution in [0.5, 0.6) is 0 Å². The van der Waals surface area contributed by atoms with E-state index in [0.29, 0.717) is 17.7 Å². The van der Waals surface area contributed by atoms with E-state index in [2.05, 4.69) is 4.98 Å². The maximum absolute atomic E-state index is 14.2. The van der Waals surface area contributed by atoms with Gasteiger partial charge in [0.05, 0.1) is 22.7 Å². The van der Waals surface area contributed by atoms with E-state index in [1.54, 1.807) is 37.3 Å². The third-order valence-corrected chi connectivity index (χ3v) is 5.07. The minimum absolute atomic E-state index is 0.0876. The fraction of sp³-hybridized carbons (Fsp3) is 0.250. The molecule has 0 aliphatic rings. The highest BCUT2D eigenvalue weighted by molar-refractivity contribution is 7.99. The monoisotopic (exact) mass is 393 g/mol. The Hall–Kier alpha value is -1.98. The molecular formula is C20H21ClFNO2S. The first kappa shape index (κ1) is 20.3. The average Bonchev–Trinajstić information content (AvgIpc) is 2.97. The van der Waals surface area contributed by atoms with Gasteiger partial charge < -0.3 is 9.72 Å². The number of ether oxygens (including phenoxy) is 1. The molecule has 0 amide bonds. The lowest BCUT2D eigenvalue weighted by Crippen LogP contribution is -2.04. The zero-order valence-electron chi connectivity index (χ0n) is 15.2. The van der Waals surface area contributed by atoms with E-state index in [1.165, 1.54) is 11.8 Å². The molecule has 26 heavy (non-hydrogen) atoms. The van der Waals surface area contributed by atoms with Crippen LogP contribution in [-0.4, -0.2) is 17.6 Å². The van der Waals surface area contributed by atoms with Crippen LogP contribution in [0.15, 0.2) is 46.2 Å². The first-order valence-corrected chi connectivity index (χ1v) is 9.62. The molecule has 0 fully saturated rings. The Bertz CT molecular complexity index is 924. The van der Waals surface area contributed by atoms with Crippen molar-refractivity contribution in [1.29, 1.82) is 0 Å². The van der Waals surface area contributed by atoms with Gasteiger partial charge in [-0.05, 0) is 44.2 Å². The summed E-state index contributed by atoms with van der Waals surface area (Å²) in [7, 11) is 0. The molecule has 0 saturated heterocycles. The summed E-state index contributed by atoms with van der Waals surface area (Å²) < 4.78 is 19.2. The zero-order chi connectivity index (χ0) is 19.3. The van der Waals surface area contributed by atoms with Crippen molar-refractivity contribution in [3.05, 3.63) is 58.5 Å². The van der Waals surface area contributed by atoms with Crippen molar-refractivity contribution >= 4 is 40.2 Å². The second kappa shape index (κ2) is 9.10. The highest BCUT2D eigenvalue weighted by Gasteiger charge is 2.16. The van der Waals surface area contributed by atoms with Crippen LogP contribution in [0.4, 0.5) is 4.39 Å². The van der Waals surface area contributed by atoms with Crippen molar-refractivity contribution in [3.8, 4) is 0 Å². The van der Waals surface area contributed by atoms with Crippen molar-refractivity contribution in [3.63, 3.8) is 0 Å². The number of esters is 1. The second-order valence-corrected chi connectivity index (χ2v) is 6.70. The standard InChI is InChI=1S/C18H15ClFNO2S.C2H6/c1-3-23-18(22)11-5-4-6-12(9-11)24-17-10(2)21-16-13(17)7-8-14(19)15(16)20;1-2/h4-9,21H,3H2,1-2H3;1-2H3. The Labute approximate surface area is 161 Å². The quantitative estimate of drug-likeness (QED) is 0.506. The summed E-state index contributed by atoms with van der Waals surface area (Å²) in [5.41, 5.74) is 1.73. The van der Waals surface area contributed by atoms with Crippen LogP contribution in [0.3, 0.4) is 0 Å². The molecule has 3 rings (SSSR count). The number of halogens is 2. The van der Waals surface area contributed by atoms with Gasteiger partial charge in [0.15, 0.2) is 5.82 Å². The van der Waals surface area contributed by atoms with Crippen molar-refractivity contribution in [1.82, 2.24) is 4.98 Å². The highest BCUT2D eigenvalue weighted by atomic mass is 35.5. The number of carbonyl (C=O) groups excluding carboxylic acids is 1. The van der Waals surface area contributed by atoms with E-state index < -0.39 is 5.82 Å². The fourth-order valence-corrected chi connectivity index (χ4v) is 3.67. The summed E-state index contributed by atoms with van der Waals surface area (Å²) >= 11 is 7.31. The largest absolute Gasteiger partial charge is 0.462 e. The lowest BCUT2D eigenvalue weighted by molar-refractivity contribution is 0.0526. The molecule has 138 valence electrons. The van der Waals surface area contributed by atoms with Gasteiger partial charge >= 0.3 is 5.97 Å². The third-order valence-electron chi connectivity index (χ3n) is 3.56. The van der Waals surface area contributed by atoms with Crippen LogP contribution < -0.4 is 0 Å². The maximum atomic E-state index is 14.2. The van der Waals surface area contributed by atoms with Crippen LogP contribution in [-0.2, 0) is 4.74 Å². The zero-order valence-corrected chi connectivity index (χ0v) is 16.7. The predicted molar refractivity (Wildman–Crippen MR) is 106 cm³/mol. The minimum Gasteiger partial charge on any atom is -0.462 e. The van der Waals surface area contributed by atoms with E-state index in [1.807, 2.05) is 26.8 Å². The van der Waals surface area contributed by atoms with E-state index in [9.17, 15) is 9.18 Å². The average molecular weight is 394 g/mol. The fourth-order valence-electron chi connectivity index (χ4n) is 2.46. The number of carbonyl (C=O) groups is 1. The van der Waals surface area contributed by atoms with Crippen LogP contribution in [0.25, 0.3) is 10.9 Å². The molecule has 0 unspecified atom stereocenters. The topological polar surface area (TPSA) is 42.1 Å². The number of rotatable bonds is 4. The van der Waals surface area contributed by atoms with Gasteiger partial charge in [-0.2, -0.15) is 0 Å². The molecule has 6 heteroatoms. The Morgan fingerprint density at radius 3 is 2.69 bits per heavy atom. The molecule has 0 aliphatic carbocycles. The van der Waals surface area contributed by atoms with Crippen LogP contribution in [0.1, 0.15) is 36.8 Å². The minimum atomic E-state index is -0.454. The lowest BCUT2D eigenvalue weighted by atomic mass is 10.2. The van der Waals surface area contributed by atoms with Gasteiger partial charge in [-0.3, -0.25) is 0 Å². The summed E-state index contributed by atoms with van der Waals surface area (Å²) in [6.07, 6.45) is 0. The smallest absolute Gasteiger partial charge is 0.338 e. The Morgan fingerprint density at radius 1 is 1.27 bits per heavy atom. The first-order chi connectivity index (χ1) is 12.5. The summed E-state index contributed by atoms with van der Waals surface area (Å²) in [4.78, 5) is 16.7. The molecule has 0 saturated carbocycles. The second-order valence-electron chi connectivity index (χ2n) is 5.21. The molecule has 2 aromatic carbocycles. The van der Waals surface area contributed by atoms with Crippen LogP contribution >= 0.6 is 23.4 Å². The summed E-state index contributed by atoms with van der Waals surface area (Å²) in [6.45, 7) is 7.98. The predicted octanol–water partition coefficient (Wildman–Crippen LogP) is 6.62. The summed E-state index contributed by atoms with van der Waals surface area (Å²) in [5.74, 6) is -0.808. The maximum Gasteiger partial charge on any atom is 0.338 e. The van der Waals surface area contributed by atoms with Gasteiger partial charge in [0.2, 0.25) is 0 Å². The molecule has 1 N–H and O–H groups in total. The van der Waals surface area contributed by atoms with E-state index in [4.69, 9.17) is 16.3 Å². The van der Waals surface area contributed by atoms with Gasteiger partial charge in [-0.25, -0.2) is 9.18 Å². The van der Waals surface area contributed by atoms with E-state index in [0.717, 1.165) is 20.9 Å². The first-order valence-electron chi connectivity index (χ1n) is 8.42. The van der Waals surface area contributed by atoms with Crippen molar-refractivity contribution in [2.24, 2.45) is 0 Å².